The van der Waals surface area contributed by atoms with E-state index in [0.717, 1.165) is 23.1 Å². The number of aromatic nitrogens is 2. The van der Waals surface area contributed by atoms with E-state index in [1.54, 1.807) is 4.90 Å². The van der Waals surface area contributed by atoms with Gasteiger partial charge in [0.1, 0.15) is 11.3 Å². The van der Waals surface area contributed by atoms with Crippen molar-refractivity contribution >= 4 is 23.1 Å². The molecule has 0 aliphatic carbocycles. The first kappa shape index (κ1) is 22.7. The number of likely N-dealkylation sites (tertiary alicyclic amines) is 1. The number of rotatable bonds is 6. The fourth-order valence-electron chi connectivity index (χ4n) is 4.37. The molecule has 1 atom stereocenters. The maximum Gasteiger partial charge on any atom is 0.295 e. The van der Waals surface area contributed by atoms with E-state index < -0.39 is 17.7 Å². The van der Waals surface area contributed by atoms with E-state index in [0.29, 0.717) is 30.1 Å². The molecule has 1 aliphatic rings. The van der Waals surface area contributed by atoms with Gasteiger partial charge in [-0.3, -0.25) is 9.59 Å². The third kappa shape index (κ3) is 3.93. The molecule has 1 aliphatic heterocycles. The zero-order chi connectivity index (χ0) is 23.9. The number of pyridine rings is 1. The van der Waals surface area contributed by atoms with Crippen molar-refractivity contribution in [3.63, 3.8) is 0 Å². The normalized spacial score (nSPS) is 18.1. The Bertz CT molecular complexity index is 1250. The molecule has 2 aromatic heterocycles. The predicted octanol–water partition coefficient (Wildman–Crippen LogP) is 3.50. The van der Waals surface area contributed by atoms with E-state index in [4.69, 9.17) is 0 Å². The molecule has 7 heteroatoms. The number of nitrogens with zero attached hydrogens (tertiary/aromatic N) is 4. The molecule has 1 aromatic carbocycles. The second-order valence-corrected chi connectivity index (χ2v) is 8.82. The molecule has 0 saturated carbocycles. The Balaban J connectivity index is 1.90. The number of aliphatic hydroxyl groups excluding tert-OH is 1. The number of amides is 1. The largest absolute Gasteiger partial charge is 0.505 e. The van der Waals surface area contributed by atoms with Crippen LogP contribution in [0.5, 0.6) is 0 Å². The van der Waals surface area contributed by atoms with Crippen molar-refractivity contribution in [1.82, 2.24) is 19.2 Å². The lowest BCUT2D eigenvalue weighted by Crippen LogP contribution is -2.35. The number of fused-ring (bicyclic) bond motifs is 1. The monoisotopic (exact) mass is 446 g/mol. The van der Waals surface area contributed by atoms with Gasteiger partial charge in [-0.25, -0.2) is 4.98 Å². The van der Waals surface area contributed by atoms with Crippen molar-refractivity contribution in [2.75, 3.05) is 27.2 Å². The second-order valence-electron chi connectivity index (χ2n) is 8.82. The highest BCUT2D eigenvalue weighted by Gasteiger charge is 2.46. The van der Waals surface area contributed by atoms with E-state index in [-0.39, 0.29) is 11.3 Å². The van der Waals surface area contributed by atoms with E-state index >= 15 is 0 Å². The molecule has 1 saturated heterocycles. The molecule has 0 spiro atoms. The molecule has 0 bridgehead atoms. The molecule has 0 radical (unpaired) electrons. The molecule has 3 heterocycles. The molecule has 7 nitrogen and oxygen atoms in total. The van der Waals surface area contributed by atoms with Gasteiger partial charge in [0.25, 0.3) is 11.7 Å². The standard InChI is InChI=1S/C26H30N4O3/c1-6-18-9-11-19(12-10-18)22-20(24(32)26(33)30(22)15-14-28(4)5)23(31)21-17(3)29-13-7-8-16(2)25(29)27-21/h7-13,22,31H,6,14-15H2,1-5H3. The van der Waals surface area contributed by atoms with Crippen molar-refractivity contribution in [2.24, 2.45) is 0 Å². The van der Waals surface area contributed by atoms with Crippen molar-refractivity contribution in [3.05, 3.63) is 76.2 Å². The fraction of sp³-hybridized carbons (Fsp3) is 0.346. The highest BCUT2D eigenvalue weighted by molar-refractivity contribution is 6.46. The molecule has 4 rings (SSSR count). The summed E-state index contributed by atoms with van der Waals surface area (Å²) in [5.41, 5.74) is 4.75. The molecular formula is C26H30N4O3. The molecular weight excluding hydrogens is 416 g/mol. The lowest BCUT2D eigenvalue weighted by molar-refractivity contribution is -0.140. The summed E-state index contributed by atoms with van der Waals surface area (Å²) in [6, 6.07) is 11.1. The van der Waals surface area contributed by atoms with Crippen LogP contribution >= 0.6 is 0 Å². The number of likely N-dealkylation sites (N-methyl/N-ethyl adjacent to an activating group) is 1. The summed E-state index contributed by atoms with van der Waals surface area (Å²) in [6.45, 7) is 6.84. The van der Waals surface area contributed by atoms with Crippen LogP contribution in [0.3, 0.4) is 0 Å². The van der Waals surface area contributed by atoms with Crippen LogP contribution < -0.4 is 0 Å². The number of hydrogen-bond acceptors (Lipinski definition) is 5. The number of hydrogen-bond donors (Lipinski definition) is 1. The van der Waals surface area contributed by atoms with Gasteiger partial charge in [-0.2, -0.15) is 0 Å². The first-order valence-electron chi connectivity index (χ1n) is 11.2. The van der Waals surface area contributed by atoms with E-state index in [1.807, 2.05) is 79.8 Å². The van der Waals surface area contributed by atoms with Crippen molar-refractivity contribution in [2.45, 2.75) is 33.2 Å². The summed E-state index contributed by atoms with van der Waals surface area (Å²) in [5, 5.41) is 11.4. The first-order valence-corrected chi connectivity index (χ1v) is 11.2. The Morgan fingerprint density at radius 1 is 1.12 bits per heavy atom. The van der Waals surface area contributed by atoms with E-state index in [2.05, 4.69) is 11.9 Å². The first-order chi connectivity index (χ1) is 15.7. The molecule has 1 N–H and O–H groups in total. The van der Waals surface area contributed by atoms with Crippen LogP contribution in [0, 0.1) is 13.8 Å². The number of carbonyl (C=O) groups excluding carboxylic acids is 2. The van der Waals surface area contributed by atoms with Crippen LogP contribution in [0.4, 0.5) is 0 Å². The predicted molar refractivity (Wildman–Crippen MR) is 128 cm³/mol. The molecule has 3 aromatic rings. The summed E-state index contributed by atoms with van der Waals surface area (Å²) in [4.78, 5) is 34.4. The topological polar surface area (TPSA) is 78.1 Å². The summed E-state index contributed by atoms with van der Waals surface area (Å²) in [6.07, 6.45) is 2.76. The maximum absolute atomic E-state index is 13.2. The Kier molecular flexibility index (Phi) is 6.08. The van der Waals surface area contributed by atoms with Gasteiger partial charge in [0.2, 0.25) is 0 Å². The number of aliphatic hydroxyl groups is 1. The Hall–Kier alpha value is -3.45. The SMILES string of the molecule is CCc1ccc(C2C(=C(O)c3nc4c(C)cccn4c3C)C(=O)C(=O)N2CCN(C)C)cc1. The van der Waals surface area contributed by atoms with Crippen LogP contribution in [0.25, 0.3) is 11.4 Å². The van der Waals surface area contributed by atoms with Crippen molar-refractivity contribution < 1.29 is 14.7 Å². The Labute approximate surface area is 194 Å². The minimum absolute atomic E-state index is 0.0900. The van der Waals surface area contributed by atoms with Gasteiger partial charge in [0, 0.05) is 19.3 Å². The summed E-state index contributed by atoms with van der Waals surface area (Å²) >= 11 is 0. The average Bonchev–Trinajstić information content (AvgIpc) is 3.27. The summed E-state index contributed by atoms with van der Waals surface area (Å²) in [5.74, 6) is -1.50. The number of carbonyl (C=O) groups is 2. The highest BCUT2D eigenvalue weighted by atomic mass is 16.3. The Morgan fingerprint density at radius 3 is 2.42 bits per heavy atom. The number of imidazole rings is 1. The fourth-order valence-corrected chi connectivity index (χ4v) is 4.37. The van der Waals surface area contributed by atoms with Crippen LogP contribution in [0.15, 0.2) is 48.2 Å². The lowest BCUT2D eigenvalue weighted by atomic mass is 9.95. The van der Waals surface area contributed by atoms with Crippen LogP contribution in [0.1, 0.15) is 41.0 Å². The van der Waals surface area contributed by atoms with Gasteiger partial charge in [0.05, 0.1) is 17.3 Å². The van der Waals surface area contributed by atoms with E-state index in [1.165, 1.54) is 0 Å². The van der Waals surface area contributed by atoms with Gasteiger partial charge in [-0.15, -0.1) is 0 Å². The number of ketones is 1. The van der Waals surface area contributed by atoms with Crippen molar-refractivity contribution in [1.29, 1.82) is 0 Å². The van der Waals surface area contributed by atoms with Gasteiger partial charge < -0.3 is 19.3 Å². The zero-order valence-electron chi connectivity index (χ0n) is 19.8. The molecule has 1 amide bonds. The third-order valence-corrected chi connectivity index (χ3v) is 6.34. The average molecular weight is 447 g/mol. The zero-order valence-corrected chi connectivity index (χ0v) is 19.8. The van der Waals surface area contributed by atoms with Gasteiger partial charge >= 0.3 is 0 Å². The number of Topliss-reactive ketones (excluding diaryl/α,β-unsaturated/α-hetero) is 1. The lowest BCUT2D eigenvalue weighted by Gasteiger charge is -2.26. The number of aryl methyl sites for hydroxylation is 3. The number of benzene rings is 1. The van der Waals surface area contributed by atoms with E-state index in [9.17, 15) is 14.7 Å². The van der Waals surface area contributed by atoms with Crippen LogP contribution in [-0.4, -0.2) is 63.2 Å². The van der Waals surface area contributed by atoms with Crippen molar-refractivity contribution in [3.8, 4) is 0 Å². The minimum Gasteiger partial charge on any atom is -0.505 e. The smallest absolute Gasteiger partial charge is 0.295 e. The molecule has 1 fully saturated rings. The summed E-state index contributed by atoms with van der Waals surface area (Å²) in [7, 11) is 3.84. The summed E-state index contributed by atoms with van der Waals surface area (Å²) < 4.78 is 1.89. The Morgan fingerprint density at radius 2 is 1.82 bits per heavy atom. The maximum atomic E-state index is 13.2. The van der Waals surface area contributed by atoms with Gasteiger partial charge in [0.15, 0.2) is 5.76 Å². The van der Waals surface area contributed by atoms with Gasteiger partial charge in [-0.1, -0.05) is 37.3 Å². The highest BCUT2D eigenvalue weighted by Crippen LogP contribution is 2.39. The molecule has 1 unspecified atom stereocenters. The minimum atomic E-state index is -0.677. The van der Waals surface area contributed by atoms with Crippen LogP contribution in [0.2, 0.25) is 0 Å². The quantitative estimate of drug-likeness (QED) is 0.356. The second kappa shape index (κ2) is 8.83. The molecule has 33 heavy (non-hydrogen) atoms. The van der Waals surface area contributed by atoms with Crippen LogP contribution in [-0.2, 0) is 16.0 Å². The third-order valence-electron chi connectivity index (χ3n) is 6.34. The van der Waals surface area contributed by atoms with Gasteiger partial charge in [-0.05, 0) is 57.1 Å². The molecule has 172 valence electrons.